The zero-order chi connectivity index (χ0) is 35.0. The van der Waals surface area contributed by atoms with Gasteiger partial charge < -0.3 is 19.8 Å². The number of ether oxygens (including phenoxy) is 1. The van der Waals surface area contributed by atoms with E-state index in [1.54, 1.807) is 0 Å². The topological polar surface area (TPSA) is 87.1 Å². The minimum atomic E-state index is -1.06. The van der Waals surface area contributed by atoms with E-state index in [1.165, 1.54) is 12.8 Å². The molecular weight excluding hydrogens is 610 g/mol. The van der Waals surface area contributed by atoms with Crippen LogP contribution >= 0.6 is 0 Å². The first-order valence-electron chi connectivity index (χ1n) is 20.6. The van der Waals surface area contributed by atoms with Gasteiger partial charge in [0.25, 0.3) is 0 Å². The molecule has 0 saturated heterocycles. The lowest BCUT2D eigenvalue weighted by Gasteiger charge is -2.71. The maximum Gasteiger partial charge on any atom is 0.410 e. The van der Waals surface area contributed by atoms with Gasteiger partial charge in [-0.2, -0.15) is 0 Å². The summed E-state index contributed by atoms with van der Waals surface area (Å²) in [6.45, 7) is 14.5. The quantitative estimate of drug-likeness (QED) is 0.251. The molecule has 0 aliphatic heterocycles. The van der Waals surface area contributed by atoms with Gasteiger partial charge in [-0.25, -0.2) is 4.79 Å². The molecular formula is C43H67NO5. The number of hydrogen-bond acceptors (Lipinski definition) is 5. The van der Waals surface area contributed by atoms with E-state index in [4.69, 9.17) is 4.74 Å². The van der Waals surface area contributed by atoms with Crippen LogP contribution in [-0.4, -0.2) is 57.9 Å². The Morgan fingerprint density at radius 2 is 1.63 bits per heavy atom. The number of rotatable bonds is 8. The molecule has 1 amide bonds. The summed E-state index contributed by atoms with van der Waals surface area (Å²) in [5.74, 6) is 2.25. The Kier molecular flexibility index (Phi) is 9.32. The lowest BCUT2D eigenvalue weighted by atomic mass is 9.32. The second-order valence-corrected chi connectivity index (χ2v) is 19.2. The maximum atomic E-state index is 14.8. The fourth-order valence-corrected chi connectivity index (χ4v) is 13.5. The summed E-state index contributed by atoms with van der Waals surface area (Å²) in [6, 6.07) is 0. The van der Waals surface area contributed by atoms with Crippen molar-refractivity contribution < 1.29 is 24.5 Å². The molecule has 0 heterocycles. The molecule has 2 N–H and O–H groups in total. The van der Waals surface area contributed by atoms with Crippen LogP contribution in [0.2, 0.25) is 0 Å². The van der Waals surface area contributed by atoms with Gasteiger partial charge in [-0.15, -0.1) is 0 Å². The van der Waals surface area contributed by atoms with Crippen LogP contribution in [-0.2, 0) is 9.53 Å². The van der Waals surface area contributed by atoms with E-state index in [1.807, 2.05) is 4.90 Å². The van der Waals surface area contributed by atoms with E-state index in [0.29, 0.717) is 48.8 Å². The van der Waals surface area contributed by atoms with E-state index in [9.17, 15) is 19.8 Å². The Hall–Kier alpha value is -1.66. The van der Waals surface area contributed by atoms with Crippen molar-refractivity contribution in [2.45, 2.75) is 162 Å². The van der Waals surface area contributed by atoms with Crippen LogP contribution in [0.1, 0.15) is 144 Å². The summed E-state index contributed by atoms with van der Waals surface area (Å²) in [4.78, 5) is 30.8. The van der Waals surface area contributed by atoms with Crippen molar-refractivity contribution in [3.63, 3.8) is 0 Å². The number of allylic oxidation sites excluding steroid dienone is 4. The summed E-state index contributed by atoms with van der Waals surface area (Å²) in [7, 11) is 0. The fraction of sp³-hybridized carbons (Fsp3) is 0.860. The molecule has 5 saturated carbocycles. The third-order valence-electron chi connectivity index (χ3n) is 16.4. The Balaban J connectivity index is 1.22. The first kappa shape index (κ1) is 35.7. The van der Waals surface area contributed by atoms with Crippen molar-refractivity contribution in [1.29, 1.82) is 0 Å². The average Bonchev–Trinajstić information content (AvgIpc) is 3.34. The first-order valence-corrected chi connectivity index (χ1v) is 20.6. The molecule has 8 rings (SSSR count). The second kappa shape index (κ2) is 12.8. The molecule has 6 nitrogen and oxygen atoms in total. The highest BCUT2D eigenvalue weighted by molar-refractivity contribution is 6.00. The third kappa shape index (κ3) is 5.36. The lowest BCUT2D eigenvalue weighted by Crippen LogP contribution is -2.67. The number of aliphatic hydroxyl groups excluding tert-OH is 1. The molecule has 11 unspecified atom stereocenters. The summed E-state index contributed by atoms with van der Waals surface area (Å²) >= 11 is 0. The van der Waals surface area contributed by atoms with Crippen LogP contribution in [0.3, 0.4) is 0 Å². The SMILES string of the molecule is CCCN(CC1(O)CCC2C34C=CC5(C=C3C(=O)C3CCCCC3)CC(O)CCC5(C)C4CCC21C)C(=O)OC1CC(C)CCC1C(C)C. The Bertz CT molecular complexity index is 1350. The molecule has 2 spiro atoms. The molecule has 6 heteroatoms. The predicted octanol–water partition coefficient (Wildman–Crippen LogP) is 9.04. The number of carbonyl (C=O) groups excluding carboxylic acids is 2. The number of aliphatic hydroxyl groups is 2. The second-order valence-electron chi connectivity index (χ2n) is 19.2. The van der Waals surface area contributed by atoms with Gasteiger partial charge in [0.05, 0.1) is 18.2 Å². The van der Waals surface area contributed by atoms with Gasteiger partial charge in [0.1, 0.15) is 6.10 Å². The summed E-state index contributed by atoms with van der Waals surface area (Å²) < 4.78 is 6.39. The van der Waals surface area contributed by atoms with E-state index < -0.39 is 16.4 Å². The number of nitrogens with zero attached hydrogens (tertiary/aromatic N) is 1. The van der Waals surface area contributed by atoms with Crippen LogP contribution < -0.4 is 0 Å². The van der Waals surface area contributed by atoms with Crippen LogP contribution in [0.15, 0.2) is 23.8 Å². The highest BCUT2D eigenvalue weighted by Gasteiger charge is 2.74. The average molecular weight is 678 g/mol. The number of hydrogen-bond donors (Lipinski definition) is 2. The van der Waals surface area contributed by atoms with Gasteiger partial charge in [0.15, 0.2) is 5.78 Å². The molecule has 274 valence electrons. The number of ketones is 1. The van der Waals surface area contributed by atoms with Crippen LogP contribution in [0.5, 0.6) is 0 Å². The fourth-order valence-electron chi connectivity index (χ4n) is 13.5. The maximum absolute atomic E-state index is 14.8. The van der Waals surface area contributed by atoms with Crippen molar-refractivity contribution in [2.75, 3.05) is 13.1 Å². The minimum Gasteiger partial charge on any atom is -0.446 e. The van der Waals surface area contributed by atoms with Gasteiger partial charge in [0.2, 0.25) is 0 Å². The Labute approximate surface area is 296 Å². The molecule has 8 aliphatic carbocycles. The molecule has 2 bridgehead atoms. The molecule has 49 heavy (non-hydrogen) atoms. The summed E-state index contributed by atoms with van der Waals surface area (Å²) in [5.41, 5.74) is -1.22. The predicted molar refractivity (Wildman–Crippen MR) is 194 cm³/mol. The van der Waals surface area contributed by atoms with Crippen molar-refractivity contribution in [2.24, 2.45) is 57.2 Å². The smallest absolute Gasteiger partial charge is 0.410 e. The van der Waals surface area contributed by atoms with E-state index in [2.05, 4.69) is 59.8 Å². The van der Waals surface area contributed by atoms with Gasteiger partial charge in [0, 0.05) is 34.3 Å². The summed E-state index contributed by atoms with van der Waals surface area (Å²) in [6.07, 6.45) is 21.8. The minimum absolute atomic E-state index is 0.0263. The highest BCUT2D eigenvalue weighted by Crippen LogP contribution is 2.78. The first-order chi connectivity index (χ1) is 23.2. The molecule has 11 atom stereocenters. The van der Waals surface area contributed by atoms with Gasteiger partial charge in [-0.3, -0.25) is 4.79 Å². The molecule has 0 aromatic carbocycles. The largest absolute Gasteiger partial charge is 0.446 e. The van der Waals surface area contributed by atoms with E-state index >= 15 is 0 Å². The molecule has 0 aromatic rings. The van der Waals surface area contributed by atoms with Gasteiger partial charge >= 0.3 is 6.09 Å². The van der Waals surface area contributed by atoms with Gasteiger partial charge in [-0.1, -0.05) is 85.5 Å². The number of fused-ring (bicyclic) bond motifs is 1. The van der Waals surface area contributed by atoms with Crippen molar-refractivity contribution in [3.05, 3.63) is 23.8 Å². The Morgan fingerprint density at radius 3 is 2.35 bits per heavy atom. The normalized spacial score (nSPS) is 46.1. The van der Waals surface area contributed by atoms with Crippen LogP contribution in [0, 0.1) is 57.2 Å². The summed E-state index contributed by atoms with van der Waals surface area (Å²) in [5, 5.41) is 24.0. The Morgan fingerprint density at radius 1 is 0.939 bits per heavy atom. The monoisotopic (exact) mass is 678 g/mol. The van der Waals surface area contributed by atoms with Crippen LogP contribution in [0.4, 0.5) is 4.79 Å². The molecule has 8 aliphatic rings. The molecule has 5 fully saturated rings. The third-order valence-corrected chi connectivity index (χ3v) is 16.4. The van der Waals surface area contributed by atoms with Crippen molar-refractivity contribution >= 4 is 11.9 Å². The van der Waals surface area contributed by atoms with Crippen molar-refractivity contribution in [3.8, 4) is 0 Å². The number of Topliss-reactive ketones (excluding diaryl/α,β-unsaturated/α-hetero) is 1. The lowest BCUT2D eigenvalue weighted by molar-refractivity contribution is -0.179. The zero-order valence-corrected chi connectivity index (χ0v) is 31.6. The van der Waals surface area contributed by atoms with Crippen molar-refractivity contribution in [1.82, 2.24) is 4.90 Å². The molecule has 0 radical (unpaired) electrons. The zero-order valence-electron chi connectivity index (χ0n) is 31.6. The molecule has 0 aromatic heterocycles. The van der Waals surface area contributed by atoms with E-state index in [0.717, 1.165) is 82.6 Å². The van der Waals surface area contributed by atoms with E-state index in [-0.39, 0.29) is 47.5 Å². The number of carbonyl (C=O) groups is 2. The highest BCUT2D eigenvalue weighted by atomic mass is 16.6. The standard InChI is InChI=1S/C43H67NO5/c1-7-23-44(38(47)49-34-24-29(4)13-14-32(34)28(2)3)27-42(48)20-17-36-40(42,6)19-16-35-39(5)18-15-31(45)25-41(39)21-22-43(35,36)33(26-41)37(46)30-11-9-8-10-12-30/h21-22,26,28-32,34-36,45,48H,7-20,23-25,27H2,1-6H3. The van der Waals surface area contributed by atoms with Gasteiger partial charge in [-0.05, 0) is 112 Å². The van der Waals surface area contributed by atoms with Crippen LogP contribution in [0.25, 0.3) is 0 Å². The number of amides is 1.